The second kappa shape index (κ2) is 5.93. The van der Waals surface area contributed by atoms with E-state index in [4.69, 9.17) is 0 Å². The summed E-state index contributed by atoms with van der Waals surface area (Å²) >= 11 is 1.54. The predicted molar refractivity (Wildman–Crippen MR) is 77.8 cm³/mol. The van der Waals surface area contributed by atoms with Crippen molar-refractivity contribution in [2.45, 2.75) is 6.42 Å². The Bertz CT molecular complexity index is 477. The maximum absolute atomic E-state index is 12.2. The number of amides is 2. The predicted octanol–water partition coefficient (Wildman–Crippen LogP) is 0.642. The first-order valence-electron chi connectivity index (χ1n) is 7.04. The van der Waals surface area contributed by atoms with Gasteiger partial charge in [-0.3, -0.25) is 9.59 Å². The van der Waals surface area contributed by atoms with Gasteiger partial charge in [0.05, 0.1) is 5.56 Å². The second-order valence-corrected chi connectivity index (χ2v) is 6.19. The van der Waals surface area contributed by atoms with Crippen molar-refractivity contribution in [2.75, 3.05) is 39.3 Å². The Morgan fingerprint density at radius 2 is 1.90 bits per heavy atom. The van der Waals surface area contributed by atoms with Gasteiger partial charge in [-0.15, -0.1) is 0 Å². The lowest BCUT2D eigenvalue weighted by atomic mass is 9.98. The van der Waals surface area contributed by atoms with E-state index in [0.29, 0.717) is 38.5 Å². The summed E-state index contributed by atoms with van der Waals surface area (Å²) in [6, 6.07) is 1.86. The smallest absolute Gasteiger partial charge is 0.254 e. The first-order valence-corrected chi connectivity index (χ1v) is 7.98. The lowest BCUT2D eigenvalue weighted by Gasteiger charge is -2.36. The molecule has 3 heterocycles. The van der Waals surface area contributed by atoms with Crippen LogP contribution >= 0.6 is 11.3 Å². The van der Waals surface area contributed by atoms with E-state index in [2.05, 4.69) is 5.32 Å². The first-order chi connectivity index (χ1) is 9.74. The number of piperazine rings is 1. The highest BCUT2D eigenvalue weighted by atomic mass is 32.1. The highest BCUT2D eigenvalue weighted by molar-refractivity contribution is 7.08. The number of carbonyl (C=O) groups is 2. The molecular weight excluding hydrogens is 274 g/mol. The lowest BCUT2D eigenvalue weighted by Crippen LogP contribution is -2.52. The molecule has 0 aromatic carbocycles. The van der Waals surface area contributed by atoms with Crippen molar-refractivity contribution in [3.63, 3.8) is 0 Å². The molecule has 0 atom stereocenters. The van der Waals surface area contributed by atoms with E-state index in [1.807, 2.05) is 26.6 Å². The Morgan fingerprint density at radius 1 is 1.20 bits per heavy atom. The maximum atomic E-state index is 12.2. The van der Waals surface area contributed by atoms with Crippen LogP contribution in [0.3, 0.4) is 0 Å². The van der Waals surface area contributed by atoms with Gasteiger partial charge in [0.15, 0.2) is 0 Å². The van der Waals surface area contributed by atoms with Crippen LogP contribution in [0.25, 0.3) is 0 Å². The fourth-order valence-electron chi connectivity index (χ4n) is 2.60. The number of thiophene rings is 1. The third-order valence-corrected chi connectivity index (χ3v) is 4.70. The summed E-state index contributed by atoms with van der Waals surface area (Å²) in [5.74, 6) is 0.827. The van der Waals surface area contributed by atoms with Crippen LogP contribution in [0.15, 0.2) is 16.8 Å². The number of hydrogen-bond acceptors (Lipinski definition) is 4. The number of hydrogen-bond donors (Lipinski definition) is 1. The molecule has 2 saturated heterocycles. The summed E-state index contributed by atoms with van der Waals surface area (Å²) in [6.45, 7) is 4.53. The minimum absolute atomic E-state index is 0.0848. The fraction of sp³-hybridized carbons (Fsp3) is 0.571. The summed E-state index contributed by atoms with van der Waals surface area (Å²) in [6.07, 6.45) is 0.644. The Hall–Kier alpha value is -1.40. The molecule has 0 aliphatic carbocycles. The molecule has 2 aliphatic rings. The zero-order chi connectivity index (χ0) is 13.9. The standard InChI is InChI=1S/C14H19N3O2S/c18-13(7-11-8-15-9-11)16-2-4-17(5-3-16)14(19)12-1-6-20-10-12/h1,6,10-11,15H,2-5,7-9H2. The molecular formula is C14H19N3O2S. The highest BCUT2D eigenvalue weighted by Gasteiger charge is 2.27. The molecule has 3 rings (SSSR count). The van der Waals surface area contributed by atoms with Gasteiger partial charge in [-0.05, 0) is 30.5 Å². The van der Waals surface area contributed by atoms with Crippen LogP contribution in [0.1, 0.15) is 16.8 Å². The number of nitrogens with one attached hydrogen (secondary N) is 1. The van der Waals surface area contributed by atoms with Gasteiger partial charge in [0.2, 0.25) is 5.91 Å². The molecule has 2 amide bonds. The van der Waals surface area contributed by atoms with E-state index in [1.165, 1.54) is 11.3 Å². The zero-order valence-corrected chi connectivity index (χ0v) is 12.2. The van der Waals surface area contributed by atoms with Crippen molar-refractivity contribution < 1.29 is 9.59 Å². The monoisotopic (exact) mass is 293 g/mol. The van der Waals surface area contributed by atoms with Crippen LogP contribution in [-0.2, 0) is 4.79 Å². The van der Waals surface area contributed by atoms with E-state index in [0.717, 1.165) is 18.7 Å². The molecule has 1 aromatic heterocycles. The van der Waals surface area contributed by atoms with Gasteiger partial charge < -0.3 is 15.1 Å². The van der Waals surface area contributed by atoms with Gasteiger partial charge in [0, 0.05) is 38.0 Å². The van der Waals surface area contributed by atoms with Gasteiger partial charge in [0.1, 0.15) is 0 Å². The Labute approximate surface area is 122 Å². The Morgan fingerprint density at radius 3 is 2.45 bits per heavy atom. The van der Waals surface area contributed by atoms with Gasteiger partial charge in [-0.1, -0.05) is 0 Å². The molecule has 0 saturated carbocycles. The minimum atomic E-state index is 0.0848. The minimum Gasteiger partial charge on any atom is -0.339 e. The van der Waals surface area contributed by atoms with E-state index >= 15 is 0 Å². The number of carbonyl (C=O) groups excluding carboxylic acids is 2. The van der Waals surface area contributed by atoms with Crippen LogP contribution in [0.5, 0.6) is 0 Å². The van der Waals surface area contributed by atoms with Crippen molar-refractivity contribution in [2.24, 2.45) is 5.92 Å². The van der Waals surface area contributed by atoms with Crippen LogP contribution in [0.2, 0.25) is 0 Å². The average Bonchev–Trinajstić information content (AvgIpc) is 2.96. The summed E-state index contributed by atoms with van der Waals surface area (Å²) < 4.78 is 0. The molecule has 20 heavy (non-hydrogen) atoms. The van der Waals surface area contributed by atoms with Crippen molar-refractivity contribution in [1.82, 2.24) is 15.1 Å². The Kier molecular flexibility index (Phi) is 4.03. The molecule has 0 bridgehead atoms. The van der Waals surface area contributed by atoms with Crippen molar-refractivity contribution in [3.8, 4) is 0 Å². The van der Waals surface area contributed by atoms with Crippen LogP contribution in [0.4, 0.5) is 0 Å². The van der Waals surface area contributed by atoms with Crippen molar-refractivity contribution in [1.29, 1.82) is 0 Å². The molecule has 1 aromatic rings. The van der Waals surface area contributed by atoms with Gasteiger partial charge in [-0.25, -0.2) is 0 Å². The van der Waals surface area contributed by atoms with Crippen molar-refractivity contribution in [3.05, 3.63) is 22.4 Å². The lowest BCUT2D eigenvalue weighted by molar-refractivity contribution is -0.134. The normalized spacial score (nSPS) is 19.8. The van der Waals surface area contributed by atoms with E-state index < -0.39 is 0 Å². The van der Waals surface area contributed by atoms with Gasteiger partial charge in [0.25, 0.3) is 5.91 Å². The van der Waals surface area contributed by atoms with E-state index in [9.17, 15) is 9.59 Å². The van der Waals surface area contributed by atoms with E-state index in [1.54, 1.807) is 0 Å². The SMILES string of the molecule is O=C(CC1CNC1)N1CCN(C(=O)c2ccsc2)CC1. The van der Waals surface area contributed by atoms with Gasteiger partial charge in [-0.2, -0.15) is 11.3 Å². The molecule has 108 valence electrons. The highest BCUT2D eigenvalue weighted by Crippen LogP contribution is 2.14. The largest absolute Gasteiger partial charge is 0.339 e. The molecule has 0 spiro atoms. The van der Waals surface area contributed by atoms with Crippen LogP contribution < -0.4 is 5.32 Å². The third kappa shape index (κ3) is 2.86. The van der Waals surface area contributed by atoms with E-state index in [-0.39, 0.29) is 11.8 Å². The second-order valence-electron chi connectivity index (χ2n) is 5.41. The summed E-state index contributed by atoms with van der Waals surface area (Å²) in [5, 5.41) is 6.98. The zero-order valence-electron chi connectivity index (χ0n) is 11.4. The molecule has 6 heteroatoms. The molecule has 5 nitrogen and oxygen atoms in total. The van der Waals surface area contributed by atoms with Gasteiger partial charge >= 0.3 is 0 Å². The first kappa shape index (κ1) is 13.6. The summed E-state index contributed by atoms with van der Waals surface area (Å²) in [4.78, 5) is 28.0. The van der Waals surface area contributed by atoms with Crippen LogP contribution in [-0.4, -0.2) is 60.9 Å². The molecule has 0 unspecified atom stereocenters. The number of nitrogens with zero attached hydrogens (tertiary/aromatic N) is 2. The quantitative estimate of drug-likeness (QED) is 0.890. The average molecular weight is 293 g/mol. The Balaban J connectivity index is 1.49. The summed E-state index contributed by atoms with van der Waals surface area (Å²) in [5.41, 5.74) is 0.760. The maximum Gasteiger partial charge on any atom is 0.254 e. The van der Waals surface area contributed by atoms with Crippen LogP contribution in [0, 0.1) is 5.92 Å². The molecule has 0 radical (unpaired) electrons. The molecule has 2 aliphatic heterocycles. The molecule has 1 N–H and O–H groups in total. The van der Waals surface area contributed by atoms with Crippen molar-refractivity contribution >= 4 is 23.2 Å². The topological polar surface area (TPSA) is 52.7 Å². The fourth-order valence-corrected chi connectivity index (χ4v) is 3.23. The summed E-state index contributed by atoms with van der Waals surface area (Å²) in [7, 11) is 0. The third-order valence-electron chi connectivity index (χ3n) is 4.02. The number of rotatable bonds is 3. The molecule has 2 fully saturated rings.